The van der Waals surface area contributed by atoms with Gasteiger partial charge in [0, 0.05) is 13.1 Å². The number of hydrogen-bond donors (Lipinski definition) is 0. The topological polar surface area (TPSA) is 76.2 Å². The summed E-state index contributed by atoms with van der Waals surface area (Å²) in [4.78, 5) is 41.2. The van der Waals surface area contributed by atoms with E-state index in [0.29, 0.717) is 41.2 Å². The van der Waals surface area contributed by atoms with Crippen molar-refractivity contribution >= 4 is 50.8 Å². The molecule has 2 aliphatic rings. The SMILES string of the molecule is CCOc1cc(C=C2SC(=O)N(CC(=O)N3CCCCCC3)C2=O)cc(Br)c1OC(C)CC. The van der Waals surface area contributed by atoms with E-state index < -0.39 is 11.1 Å². The van der Waals surface area contributed by atoms with Crippen LogP contribution >= 0.6 is 27.7 Å². The van der Waals surface area contributed by atoms with E-state index >= 15 is 0 Å². The van der Waals surface area contributed by atoms with Gasteiger partial charge in [0.1, 0.15) is 6.54 Å². The number of likely N-dealkylation sites (tertiary alicyclic amines) is 1. The highest BCUT2D eigenvalue weighted by Crippen LogP contribution is 2.40. The van der Waals surface area contributed by atoms with Gasteiger partial charge in [0.15, 0.2) is 11.5 Å². The van der Waals surface area contributed by atoms with Crippen molar-refractivity contribution in [2.75, 3.05) is 26.2 Å². The van der Waals surface area contributed by atoms with Crippen LogP contribution in [0.4, 0.5) is 4.79 Å². The Hall–Kier alpha value is -2.00. The second kappa shape index (κ2) is 11.9. The maximum atomic E-state index is 12.9. The molecule has 1 unspecified atom stereocenters. The van der Waals surface area contributed by atoms with Gasteiger partial charge in [-0.25, -0.2) is 0 Å². The van der Waals surface area contributed by atoms with Crippen molar-refractivity contribution < 1.29 is 23.9 Å². The molecule has 1 aromatic carbocycles. The lowest BCUT2D eigenvalue weighted by atomic mass is 10.1. The van der Waals surface area contributed by atoms with Gasteiger partial charge < -0.3 is 14.4 Å². The first-order valence-electron chi connectivity index (χ1n) is 11.5. The van der Waals surface area contributed by atoms with E-state index in [2.05, 4.69) is 15.9 Å². The molecule has 2 heterocycles. The van der Waals surface area contributed by atoms with Crippen molar-refractivity contribution in [3.8, 4) is 11.5 Å². The summed E-state index contributed by atoms with van der Waals surface area (Å²) in [5, 5.41) is -0.421. The summed E-state index contributed by atoms with van der Waals surface area (Å²) in [6, 6.07) is 3.62. The number of amides is 3. The van der Waals surface area contributed by atoms with Gasteiger partial charge in [-0.2, -0.15) is 0 Å². The lowest BCUT2D eigenvalue weighted by Crippen LogP contribution is -2.42. The number of hydrogen-bond acceptors (Lipinski definition) is 6. The van der Waals surface area contributed by atoms with Gasteiger partial charge in [-0.15, -0.1) is 0 Å². The Kier molecular flexibility index (Phi) is 9.26. The molecule has 3 rings (SSSR count). The third kappa shape index (κ3) is 6.53. The van der Waals surface area contributed by atoms with E-state index in [1.54, 1.807) is 17.0 Å². The lowest BCUT2D eigenvalue weighted by molar-refractivity contribution is -0.135. The van der Waals surface area contributed by atoms with Gasteiger partial charge in [-0.05, 0) is 84.6 Å². The minimum Gasteiger partial charge on any atom is -0.490 e. The number of thioether (sulfide) groups is 1. The van der Waals surface area contributed by atoms with Crippen molar-refractivity contribution in [1.82, 2.24) is 9.80 Å². The molecule has 33 heavy (non-hydrogen) atoms. The molecule has 0 bridgehead atoms. The predicted octanol–water partition coefficient (Wildman–Crippen LogP) is 5.46. The molecule has 2 saturated heterocycles. The number of ether oxygens (including phenoxy) is 2. The van der Waals surface area contributed by atoms with Gasteiger partial charge in [-0.1, -0.05) is 19.8 Å². The molecule has 2 aliphatic heterocycles. The Balaban J connectivity index is 1.78. The largest absolute Gasteiger partial charge is 0.490 e. The number of benzene rings is 1. The summed E-state index contributed by atoms with van der Waals surface area (Å²) in [7, 11) is 0. The zero-order valence-electron chi connectivity index (χ0n) is 19.4. The molecule has 0 radical (unpaired) electrons. The molecule has 3 amide bonds. The molecule has 0 saturated carbocycles. The third-order valence-corrected chi connectivity index (χ3v) is 7.15. The van der Waals surface area contributed by atoms with Gasteiger partial charge >= 0.3 is 0 Å². The maximum absolute atomic E-state index is 12.9. The van der Waals surface area contributed by atoms with Crippen LogP contribution in [0.1, 0.15) is 58.4 Å². The minimum atomic E-state index is -0.442. The number of carbonyl (C=O) groups is 3. The standard InChI is InChI=1S/C24H31BrN2O5S/c1-4-16(3)32-22-18(25)12-17(13-19(22)31-5-2)14-20-23(29)27(24(30)33-20)15-21(28)26-10-8-6-7-9-11-26/h12-14,16H,4-11,15H2,1-3H3. The average Bonchev–Trinajstić information content (AvgIpc) is 2.98. The van der Waals surface area contributed by atoms with Crippen molar-refractivity contribution in [2.24, 2.45) is 0 Å². The Labute approximate surface area is 208 Å². The predicted molar refractivity (Wildman–Crippen MR) is 133 cm³/mol. The number of carbonyl (C=O) groups excluding carboxylic acids is 3. The fraction of sp³-hybridized carbons (Fsp3) is 0.542. The first-order chi connectivity index (χ1) is 15.8. The van der Waals surface area contributed by atoms with Crippen molar-refractivity contribution in [2.45, 2.75) is 59.0 Å². The maximum Gasteiger partial charge on any atom is 0.294 e. The Morgan fingerprint density at radius 1 is 1.18 bits per heavy atom. The van der Waals surface area contributed by atoms with Crippen molar-refractivity contribution in [3.05, 3.63) is 27.1 Å². The molecule has 1 aromatic rings. The van der Waals surface area contributed by atoms with E-state index in [-0.39, 0.29) is 23.5 Å². The first-order valence-corrected chi connectivity index (χ1v) is 13.1. The van der Waals surface area contributed by atoms with Crippen LogP contribution in [0.25, 0.3) is 6.08 Å². The normalized spacial score (nSPS) is 19.1. The summed E-state index contributed by atoms with van der Waals surface area (Å²) in [6.07, 6.45) is 6.65. The highest BCUT2D eigenvalue weighted by Gasteiger charge is 2.37. The van der Waals surface area contributed by atoms with Crippen LogP contribution in [0, 0.1) is 0 Å². The van der Waals surface area contributed by atoms with Crippen LogP contribution in [0.15, 0.2) is 21.5 Å². The second-order valence-corrected chi connectivity index (χ2v) is 10.0. The van der Waals surface area contributed by atoms with Gasteiger partial charge in [-0.3, -0.25) is 19.3 Å². The summed E-state index contributed by atoms with van der Waals surface area (Å²) in [5.41, 5.74) is 0.700. The number of imide groups is 1. The molecule has 0 aliphatic carbocycles. The average molecular weight is 539 g/mol. The van der Waals surface area contributed by atoms with Crippen LogP contribution in [-0.2, 0) is 9.59 Å². The highest BCUT2D eigenvalue weighted by molar-refractivity contribution is 9.10. The Morgan fingerprint density at radius 3 is 2.52 bits per heavy atom. The second-order valence-electron chi connectivity index (χ2n) is 8.16. The number of rotatable bonds is 8. The molecule has 7 nitrogen and oxygen atoms in total. The van der Waals surface area contributed by atoms with Crippen LogP contribution in [0.2, 0.25) is 0 Å². The quantitative estimate of drug-likeness (QED) is 0.408. The Morgan fingerprint density at radius 2 is 1.88 bits per heavy atom. The lowest BCUT2D eigenvalue weighted by Gasteiger charge is -2.22. The fourth-order valence-corrected chi connectivity index (χ4v) is 5.07. The van der Waals surface area contributed by atoms with E-state index in [1.807, 2.05) is 26.8 Å². The molecule has 9 heteroatoms. The van der Waals surface area contributed by atoms with Crippen LogP contribution in [0.3, 0.4) is 0 Å². The molecule has 0 spiro atoms. The molecular weight excluding hydrogens is 508 g/mol. The first kappa shape index (κ1) is 25.6. The van der Waals surface area contributed by atoms with Gasteiger partial charge in [0.2, 0.25) is 5.91 Å². The van der Waals surface area contributed by atoms with Crippen molar-refractivity contribution in [1.29, 1.82) is 0 Å². The van der Waals surface area contributed by atoms with E-state index in [4.69, 9.17) is 9.47 Å². The van der Waals surface area contributed by atoms with Gasteiger partial charge in [0.25, 0.3) is 11.1 Å². The summed E-state index contributed by atoms with van der Waals surface area (Å²) in [6.45, 7) is 7.54. The minimum absolute atomic E-state index is 0.0181. The monoisotopic (exact) mass is 538 g/mol. The zero-order valence-corrected chi connectivity index (χ0v) is 21.8. The Bertz CT molecular complexity index is 928. The number of nitrogens with zero attached hydrogens (tertiary/aromatic N) is 2. The number of halogens is 1. The smallest absolute Gasteiger partial charge is 0.294 e. The summed E-state index contributed by atoms with van der Waals surface area (Å²) >= 11 is 4.40. The summed E-state index contributed by atoms with van der Waals surface area (Å²) < 4.78 is 12.5. The molecular formula is C24H31BrN2O5S. The molecule has 2 fully saturated rings. The van der Waals surface area contributed by atoms with E-state index in [9.17, 15) is 14.4 Å². The molecule has 180 valence electrons. The van der Waals surface area contributed by atoms with E-state index in [0.717, 1.165) is 48.8 Å². The molecule has 0 N–H and O–H groups in total. The van der Waals surface area contributed by atoms with Crippen LogP contribution in [-0.4, -0.2) is 59.2 Å². The van der Waals surface area contributed by atoms with Crippen LogP contribution < -0.4 is 9.47 Å². The summed E-state index contributed by atoms with van der Waals surface area (Å²) in [5.74, 6) is 0.559. The fourth-order valence-electron chi connectivity index (χ4n) is 3.68. The van der Waals surface area contributed by atoms with E-state index in [1.165, 1.54) is 0 Å². The van der Waals surface area contributed by atoms with Crippen molar-refractivity contribution in [3.63, 3.8) is 0 Å². The highest BCUT2D eigenvalue weighted by atomic mass is 79.9. The van der Waals surface area contributed by atoms with Gasteiger partial charge in [0.05, 0.1) is 22.1 Å². The zero-order chi connectivity index (χ0) is 24.0. The third-order valence-electron chi connectivity index (χ3n) is 5.65. The molecule has 1 atom stereocenters. The molecule has 0 aromatic heterocycles. The van der Waals surface area contributed by atoms with Crippen LogP contribution in [0.5, 0.6) is 11.5 Å².